The molecule has 0 aliphatic carbocycles. The van der Waals surface area contributed by atoms with Gasteiger partial charge in [-0.2, -0.15) is 0 Å². The van der Waals surface area contributed by atoms with Crippen LogP contribution >= 0.6 is 11.6 Å². The number of aromatic nitrogens is 2. The van der Waals surface area contributed by atoms with E-state index in [0.29, 0.717) is 10.7 Å². The van der Waals surface area contributed by atoms with Crippen molar-refractivity contribution in [1.82, 2.24) is 9.38 Å². The normalized spacial score (nSPS) is 11.0. The molecule has 0 saturated heterocycles. The predicted octanol–water partition coefficient (Wildman–Crippen LogP) is 3.97. The number of carboxylic acid groups (broad SMARTS) is 1. The Balaban J connectivity index is 2.28. The Morgan fingerprint density at radius 3 is 2.52 bits per heavy atom. The molecule has 0 spiro atoms. The molecule has 4 nitrogen and oxygen atoms in total. The summed E-state index contributed by atoms with van der Waals surface area (Å²) in [5.74, 6) is -1.02. The molecule has 3 rings (SSSR count). The molecule has 106 valence electrons. The fourth-order valence-electron chi connectivity index (χ4n) is 2.59. The monoisotopic (exact) mass is 300 g/mol. The number of imidazole rings is 1. The van der Waals surface area contributed by atoms with Crippen molar-refractivity contribution in [3.8, 4) is 11.1 Å². The van der Waals surface area contributed by atoms with Crippen molar-refractivity contribution in [2.24, 2.45) is 0 Å². The summed E-state index contributed by atoms with van der Waals surface area (Å²) in [6, 6.07) is 9.49. The van der Waals surface area contributed by atoms with Gasteiger partial charge in [0.2, 0.25) is 0 Å². The molecule has 0 fully saturated rings. The minimum Gasteiger partial charge on any atom is -0.476 e. The third kappa shape index (κ3) is 2.28. The molecule has 2 heterocycles. The smallest absolute Gasteiger partial charge is 0.356 e. The van der Waals surface area contributed by atoms with Crippen molar-refractivity contribution in [1.29, 1.82) is 0 Å². The predicted molar refractivity (Wildman–Crippen MR) is 82.1 cm³/mol. The molecule has 1 N–H and O–H groups in total. The standard InChI is InChI=1S/C16H13ClN2O2/c1-9-7-14-18-13(16(20)21)8-19(14)10(2)15(9)11-3-5-12(17)6-4-11/h3-8H,1-2H3,(H,20,21). The van der Waals surface area contributed by atoms with Crippen molar-refractivity contribution in [3.05, 3.63) is 58.5 Å². The van der Waals surface area contributed by atoms with Crippen LogP contribution in [-0.4, -0.2) is 20.5 Å². The number of fused-ring (bicyclic) bond motifs is 1. The molecule has 0 aliphatic rings. The van der Waals surface area contributed by atoms with Crippen LogP contribution in [0.5, 0.6) is 0 Å². The highest BCUT2D eigenvalue weighted by molar-refractivity contribution is 6.30. The molecule has 0 saturated carbocycles. The number of carboxylic acids is 1. The summed E-state index contributed by atoms with van der Waals surface area (Å²) >= 11 is 5.93. The molecule has 0 unspecified atom stereocenters. The second-order valence-corrected chi connectivity index (χ2v) is 5.39. The average molecular weight is 301 g/mol. The highest BCUT2D eigenvalue weighted by Gasteiger charge is 2.14. The quantitative estimate of drug-likeness (QED) is 0.779. The minimum atomic E-state index is -1.02. The first-order chi connectivity index (χ1) is 9.97. The molecule has 5 heteroatoms. The first-order valence-corrected chi connectivity index (χ1v) is 6.83. The number of aryl methyl sites for hydroxylation is 2. The summed E-state index contributed by atoms with van der Waals surface area (Å²) in [7, 11) is 0. The SMILES string of the molecule is Cc1cc2nc(C(=O)O)cn2c(C)c1-c1ccc(Cl)cc1. The summed E-state index contributed by atoms with van der Waals surface area (Å²) in [6.45, 7) is 3.95. The highest BCUT2D eigenvalue weighted by atomic mass is 35.5. The van der Waals surface area contributed by atoms with E-state index >= 15 is 0 Å². The van der Waals surface area contributed by atoms with E-state index in [1.54, 1.807) is 10.6 Å². The summed E-state index contributed by atoms with van der Waals surface area (Å²) in [6.07, 6.45) is 1.55. The Bertz CT molecular complexity index is 851. The molecule has 0 bridgehead atoms. The van der Waals surface area contributed by atoms with Crippen LogP contribution in [0.1, 0.15) is 21.7 Å². The van der Waals surface area contributed by atoms with E-state index in [1.165, 1.54) is 0 Å². The molecule has 0 aliphatic heterocycles. The van der Waals surface area contributed by atoms with Gasteiger partial charge in [0.05, 0.1) is 0 Å². The fraction of sp³-hybridized carbons (Fsp3) is 0.125. The van der Waals surface area contributed by atoms with E-state index in [4.69, 9.17) is 16.7 Å². The summed E-state index contributed by atoms with van der Waals surface area (Å²) in [4.78, 5) is 15.2. The van der Waals surface area contributed by atoms with E-state index in [9.17, 15) is 4.79 Å². The van der Waals surface area contributed by atoms with Crippen LogP contribution < -0.4 is 0 Å². The molecular weight excluding hydrogens is 288 g/mol. The van der Waals surface area contributed by atoms with Gasteiger partial charge in [0.1, 0.15) is 5.65 Å². The first kappa shape index (κ1) is 13.6. The molecule has 3 aromatic rings. The lowest BCUT2D eigenvalue weighted by atomic mass is 9.99. The number of hydrogen-bond acceptors (Lipinski definition) is 2. The van der Waals surface area contributed by atoms with E-state index < -0.39 is 5.97 Å². The van der Waals surface area contributed by atoms with Crippen LogP contribution in [-0.2, 0) is 0 Å². The lowest BCUT2D eigenvalue weighted by Crippen LogP contribution is -1.97. The maximum absolute atomic E-state index is 11.1. The molecule has 2 aromatic heterocycles. The van der Waals surface area contributed by atoms with Gasteiger partial charge < -0.3 is 9.51 Å². The van der Waals surface area contributed by atoms with Crippen molar-refractivity contribution >= 4 is 23.2 Å². The van der Waals surface area contributed by atoms with Crippen molar-refractivity contribution in [3.63, 3.8) is 0 Å². The zero-order valence-corrected chi connectivity index (χ0v) is 12.3. The molecule has 0 atom stereocenters. The van der Waals surface area contributed by atoms with Crippen LogP contribution in [0.15, 0.2) is 36.5 Å². The van der Waals surface area contributed by atoms with Gasteiger partial charge in [-0.25, -0.2) is 9.78 Å². The Kier molecular flexibility index (Phi) is 3.18. The van der Waals surface area contributed by atoms with Gasteiger partial charge in [-0.15, -0.1) is 0 Å². The van der Waals surface area contributed by atoms with Gasteiger partial charge in [-0.3, -0.25) is 0 Å². The Morgan fingerprint density at radius 1 is 1.24 bits per heavy atom. The molecule has 1 aromatic carbocycles. The van der Waals surface area contributed by atoms with E-state index in [2.05, 4.69) is 4.98 Å². The van der Waals surface area contributed by atoms with Crippen molar-refractivity contribution < 1.29 is 9.90 Å². The number of aromatic carboxylic acids is 1. The van der Waals surface area contributed by atoms with Crippen LogP contribution in [0.4, 0.5) is 0 Å². The van der Waals surface area contributed by atoms with Crippen molar-refractivity contribution in [2.75, 3.05) is 0 Å². The number of rotatable bonds is 2. The number of nitrogens with zero attached hydrogens (tertiary/aromatic N) is 2. The van der Waals surface area contributed by atoms with Gasteiger partial charge >= 0.3 is 5.97 Å². The van der Waals surface area contributed by atoms with Gasteiger partial charge in [-0.05, 0) is 43.2 Å². The van der Waals surface area contributed by atoms with Gasteiger partial charge in [0.25, 0.3) is 0 Å². The first-order valence-electron chi connectivity index (χ1n) is 6.46. The third-order valence-electron chi connectivity index (χ3n) is 3.55. The van der Waals surface area contributed by atoms with Crippen molar-refractivity contribution in [2.45, 2.75) is 13.8 Å². The highest BCUT2D eigenvalue weighted by Crippen LogP contribution is 2.29. The molecule has 21 heavy (non-hydrogen) atoms. The molecule has 0 amide bonds. The average Bonchev–Trinajstić information content (AvgIpc) is 2.85. The zero-order valence-electron chi connectivity index (χ0n) is 11.6. The lowest BCUT2D eigenvalue weighted by Gasteiger charge is -2.12. The third-order valence-corrected chi connectivity index (χ3v) is 3.80. The zero-order chi connectivity index (χ0) is 15.1. The number of halogens is 1. The summed E-state index contributed by atoms with van der Waals surface area (Å²) in [5.41, 5.74) is 4.79. The van der Waals surface area contributed by atoms with Crippen LogP contribution in [0.25, 0.3) is 16.8 Å². The number of carbonyl (C=O) groups is 1. The van der Waals surface area contributed by atoms with Crippen LogP contribution in [0, 0.1) is 13.8 Å². The maximum Gasteiger partial charge on any atom is 0.356 e. The second-order valence-electron chi connectivity index (χ2n) is 4.95. The Labute approximate surface area is 126 Å². The number of hydrogen-bond donors (Lipinski definition) is 1. The summed E-state index contributed by atoms with van der Waals surface area (Å²) in [5, 5.41) is 9.76. The Morgan fingerprint density at radius 2 is 1.90 bits per heavy atom. The van der Waals surface area contributed by atoms with Gasteiger partial charge in [-0.1, -0.05) is 23.7 Å². The van der Waals surface area contributed by atoms with Crippen LogP contribution in [0.2, 0.25) is 5.02 Å². The minimum absolute atomic E-state index is 0.0470. The van der Waals surface area contributed by atoms with E-state index in [1.807, 2.05) is 44.2 Å². The van der Waals surface area contributed by atoms with Crippen LogP contribution in [0.3, 0.4) is 0 Å². The maximum atomic E-state index is 11.1. The molecular formula is C16H13ClN2O2. The second kappa shape index (κ2) is 4.90. The fourth-order valence-corrected chi connectivity index (χ4v) is 2.72. The molecule has 0 radical (unpaired) electrons. The van der Waals surface area contributed by atoms with Gasteiger partial charge in [0.15, 0.2) is 5.69 Å². The van der Waals surface area contributed by atoms with Gasteiger partial charge in [0, 0.05) is 22.5 Å². The lowest BCUT2D eigenvalue weighted by molar-refractivity contribution is 0.0691. The number of benzene rings is 1. The topological polar surface area (TPSA) is 54.6 Å². The Hall–Kier alpha value is -2.33. The van der Waals surface area contributed by atoms with E-state index in [-0.39, 0.29) is 5.69 Å². The van der Waals surface area contributed by atoms with E-state index in [0.717, 1.165) is 22.4 Å². The largest absolute Gasteiger partial charge is 0.476 e. The number of pyridine rings is 1. The summed E-state index contributed by atoms with van der Waals surface area (Å²) < 4.78 is 1.81.